The van der Waals surface area contributed by atoms with Gasteiger partial charge in [-0.25, -0.2) is 0 Å². The van der Waals surface area contributed by atoms with Crippen LogP contribution in [0.1, 0.15) is 13.8 Å². The third kappa shape index (κ3) is 0.632. The minimum absolute atomic E-state index is 0.343. The van der Waals surface area contributed by atoms with Gasteiger partial charge in [0, 0.05) is 0 Å². The summed E-state index contributed by atoms with van der Waals surface area (Å²) < 4.78 is 11.3. The van der Waals surface area contributed by atoms with Crippen LogP contribution in [0.2, 0.25) is 0 Å². The molecule has 2 nitrogen and oxygen atoms in total. The Kier molecular flexibility index (Phi) is 1.34. The fraction of sp³-hybridized carbons (Fsp3) is 0.600. The number of hydrogen-bond acceptors (Lipinski definition) is 2. The maximum atomic E-state index is 5.67. The topological polar surface area (TPSA) is 18.5 Å². The number of fused-ring (bicyclic) bond motifs is 1. The maximum absolute atomic E-state index is 5.67. The highest BCUT2D eigenvalue weighted by molar-refractivity contribution is 5.38. The number of ether oxygens (including phenoxy) is 2. The molecule has 2 aliphatic rings. The van der Waals surface area contributed by atoms with Gasteiger partial charge in [0.1, 0.15) is 11.2 Å². The first kappa shape index (κ1) is 8.02. The lowest BCUT2D eigenvalue weighted by Crippen LogP contribution is -2.43. The van der Waals surface area contributed by atoms with Gasteiger partial charge < -0.3 is 9.47 Å². The quantitative estimate of drug-likeness (QED) is 0.510. The molecular weight excluding hydrogens is 152 g/mol. The lowest BCUT2D eigenvalue weighted by Gasteiger charge is -2.31. The van der Waals surface area contributed by atoms with Gasteiger partial charge in [-0.1, -0.05) is 13.2 Å². The van der Waals surface area contributed by atoms with Crippen molar-refractivity contribution in [1.29, 1.82) is 0 Å². The van der Waals surface area contributed by atoms with Crippen LogP contribution in [-0.4, -0.2) is 24.4 Å². The Labute approximate surface area is 72.9 Å². The summed E-state index contributed by atoms with van der Waals surface area (Å²) in [5.41, 5.74) is 1.35. The molecule has 2 aliphatic heterocycles. The molecule has 66 valence electrons. The minimum atomic E-state index is -0.343. The van der Waals surface area contributed by atoms with Crippen molar-refractivity contribution in [1.82, 2.24) is 0 Å². The summed E-state index contributed by atoms with van der Waals surface area (Å²) in [4.78, 5) is 0. The first-order valence-corrected chi connectivity index (χ1v) is 4.15. The fourth-order valence-corrected chi connectivity index (χ4v) is 1.89. The van der Waals surface area contributed by atoms with Crippen LogP contribution in [0.5, 0.6) is 0 Å². The van der Waals surface area contributed by atoms with Crippen LogP contribution in [-0.2, 0) is 9.47 Å². The van der Waals surface area contributed by atoms with E-state index in [0.29, 0.717) is 13.2 Å². The van der Waals surface area contributed by atoms with Crippen molar-refractivity contribution < 1.29 is 9.47 Å². The second-order valence-electron chi connectivity index (χ2n) is 3.85. The van der Waals surface area contributed by atoms with Crippen LogP contribution >= 0.6 is 0 Å². The summed E-state index contributed by atoms with van der Waals surface area (Å²) in [6.07, 6.45) is 0. The Balaban J connectivity index is 2.50. The largest absolute Gasteiger partial charge is 0.363 e. The van der Waals surface area contributed by atoms with Crippen molar-refractivity contribution in [3.63, 3.8) is 0 Å². The van der Waals surface area contributed by atoms with Gasteiger partial charge in [-0.05, 0) is 25.0 Å². The first-order chi connectivity index (χ1) is 5.51. The molecule has 0 aromatic rings. The van der Waals surface area contributed by atoms with Crippen LogP contribution in [0.15, 0.2) is 24.3 Å². The molecular formula is C10H14O2. The molecule has 2 heterocycles. The second-order valence-corrected chi connectivity index (χ2v) is 3.85. The average Bonchev–Trinajstić information content (AvgIpc) is 2.39. The van der Waals surface area contributed by atoms with Gasteiger partial charge in [-0.15, -0.1) is 0 Å². The summed E-state index contributed by atoms with van der Waals surface area (Å²) >= 11 is 0. The third-order valence-electron chi connectivity index (χ3n) is 3.33. The van der Waals surface area contributed by atoms with E-state index in [2.05, 4.69) is 13.2 Å². The molecule has 0 aliphatic carbocycles. The Morgan fingerprint density at radius 3 is 1.67 bits per heavy atom. The molecule has 12 heavy (non-hydrogen) atoms. The van der Waals surface area contributed by atoms with E-state index in [1.807, 2.05) is 13.8 Å². The van der Waals surface area contributed by atoms with Gasteiger partial charge in [0.05, 0.1) is 13.2 Å². The van der Waals surface area contributed by atoms with E-state index in [-0.39, 0.29) is 11.2 Å². The van der Waals surface area contributed by atoms with Crippen LogP contribution in [0.25, 0.3) is 0 Å². The van der Waals surface area contributed by atoms with E-state index in [1.54, 1.807) is 0 Å². The maximum Gasteiger partial charge on any atom is 0.121 e. The lowest BCUT2D eigenvalue weighted by molar-refractivity contribution is -0.0479. The van der Waals surface area contributed by atoms with Crippen molar-refractivity contribution in [3.05, 3.63) is 24.3 Å². The fourth-order valence-electron chi connectivity index (χ4n) is 1.89. The molecule has 0 saturated carbocycles. The summed E-state index contributed by atoms with van der Waals surface area (Å²) in [6.45, 7) is 13.1. The van der Waals surface area contributed by atoms with Crippen LogP contribution in [0.4, 0.5) is 0 Å². The molecule has 2 heteroatoms. The Morgan fingerprint density at radius 1 is 1.00 bits per heavy atom. The molecule has 2 rings (SSSR count). The van der Waals surface area contributed by atoms with E-state index in [1.165, 1.54) is 0 Å². The van der Waals surface area contributed by atoms with Gasteiger partial charge in [0.25, 0.3) is 0 Å². The molecule has 0 radical (unpaired) electrons. The highest BCUT2D eigenvalue weighted by atomic mass is 16.6. The first-order valence-electron chi connectivity index (χ1n) is 4.15. The zero-order valence-electron chi connectivity index (χ0n) is 7.64. The second kappa shape index (κ2) is 2.01. The molecule has 2 atom stereocenters. The van der Waals surface area contributed by atoms with E-state index in [4.69, 9.17) is 9.47 Å². The van der Waals surface area contributed by atoms with E-state index in [0.717, 1.165) is 11.1 Å². The van der Waals surface area contributed by atoms with Crippen LogP contribution in [0.3, 0.4) is 0 Å². The van der Waals surface area contributed by atoms with Crippen molar-refractivity contribution >= 4 is 0 Å². The van der Waals surface area contributed by atoms with Crippen molar-refractivity contribution in [2.75, 3.05) is 13.2 Å². The molecule has 0 unspecified atom stereocenters. The minimum Gasteiger partial charge on any atom is -0.363 e. The van der Waals surface area contributed by atoms with Gasteiger partial charge in [0.2, 0.25) is 0 Å². The molecule has 0 N–H and O–H groups in total. The zero-order chi connectivity index (χ0) is 8.98. The molecule has 0 bridgehead atoms. The number of hydrogen-bond donors (Lipinski definition) is 0. The summed E-state index contributed by atoms with van der Waals surface area (Å²) in [7, 11) is 0. The van der Waals surface area contributed by atoms with E-state index >= 15 is 0 Å². The third-order valence-corrected chi connectivity index (χ3v) is 3.33. The highest BCUT2D eigenvalue weighted by Gasteiger charge is 2.59. The number of rotatable bonds is 0. The molecule has 0 aromatic carbocycles. The predicted octanol–water partition coefficient (Wildman–Crippen LogP) is 1.68. The van der Waals surface area contributed by atoms with Crippen LogP contribution < -0.4 is 0 Å². The van der Waals surface area contributed by atoms with Crippen molar-refractivity contribution in [2.24, 2.45) is 0 Å². The standard InChI is InChI=1S/C10H14O2/c1-7-5-11-10(4)8(2)6-12-9(7,10)3/h1-2,5-6H2,3-4H3/t9-,10-/m1/s1. The Morgan fingerprint density at radius 2 is 1.33 bits per heavy atom. The molecule has 0 spiro atoms. The van der Waals surface area contributed by atoms with E-state index in [9.17, 15) is 0 Å². The Bertz CT molecular complexity index is 241. The average molecular weight is 166 g/mol. The van der Waals surface area contributed by atoms with Gasteiger partial charge >= 0.3 is 0 Å². The molecule has 0 aromatic heterocycles. The molecule has 2 saturated heterocycles. The predicted molar refractivity (Wildman–Crippen MR) is 47.0 cm³/mol. The lowest BCUT2D eigenvalue weighted by atomic mass is 9.81. The van der Waals surface area contributed by atoms with E-state index < -0.39 is 0 Å². The smallest absolute Gasteiger partial charge is 0.121 e. The van der Waals surface area contributed by atoms with Crippen molar-refractivity contribution in [2.45, 2.75) is 25.0 Å². The molecule has 0 amide bonds. The van der Waals surface area contributed by atoms with Gasteiger partial charge in [-0.2, -0.15) is 0 Å². The summed E-state index contributed by atoms with van der Waals surface area (Å²) in [5.74, 6) is 0. The summed E-state index contributed by atoms with van der Waals surface area (Å²) in [6, 6.07) is 0. The normalized spacial score (nSPS) is 46.8. The van der Waals surface area contributed by atoms with Crippen LogP contribution in [0, 0.1) is 0 Å². The summed E-state index contributed by atoms with van der Waals surface area (Å²) in [5, 5.41) is 0. The SMILES string of the molecule is C=C1CO[C@]2(C)C(=C)CO[C@]12C. The highest BCUT2D eigenvalue weighted by Crippen LogP contribution is 2.50. The molecule has 2 fully saturated rings. The van der Waals surface area contributed by atoms with Gasteiger partial charge in [0.15, 0.2) is 0 Å². The Hall–Kier alpha value is -0.600. The monoisotopic (exact) mass is 166 g/mol. The van der Waals surface area contributed by atoms with Crippen molar-refractivity contribution in [3.8, 4) is 0 Å². The van der Waals surface area contributed by atoms with Gasteiger partial charge in [-0.3, -0.25) is 0 Å². The zero-order valence-corrected chi connectivity index (χ0v) is 7.64.